The van der Waals surface area contributed by atoms with Crippen LogP contribution in [0.5, 0.6) is 5.88 Å². The zero-order valence-corrected chi connectivity index (χ0v) is 18.8. The van der Waals surface area contributed by atoms with Crippen molar-refractivity contribution in [3.05, 3.63) is 29.2 Å². The zero-order chi connectivity index (χ0) is 24.9. The molecule has 1 unspecified atom stereocenters. The van der Waals surface area contributed by atoms with Gasteiger partial charge in [0.15, 0.2) is 6.17 Å². The number of methoxy groups -OCH3 is 1. The molecule has 0 aromatic carbocycles. The number of carbonyl (C=O) groups is 1. The molecular formula is C21H22F4N8O2. The molecule has 14 heteroatoms. The molecule has 0 saturated carbocycles. The van der Waals surface area contributed by atoms with Gasteiger partial charge in [0.2, 0.25) is 17.7 Å². The van der Waals surface area contributed by atoms with E-state index in [0.717, 1.165) is 4.68 Å². The summed E-state index contributed by atoms with van der Waals surface area (Å²) >= 11 is 0. The van der Waals surface area contributed by atoms with E-state index >= 15 is 0 Å². The predicted molar refractivity (Wildman–Crippen MR) is 116 cm³/mol. The number of ether oxygens (including phenoxy) is 1. The van der Waals surface area contributed by atoms with E-state index in [1.165, 1.54) is 23.4 Å². The maximum Gasteiger partial charge on any atom is 0.258 e. The Labute approximate surface area is 196 Å². The van der Waals surface area contributed by atoms with Crippen LogP contribution < -0.4 is 10.1 Å². The van der Waals surface area contributed by atoms with Crippen LogP contribution in [-0.4, -0.2) is 79.2 Å². The summed E-state index contributed by atoms with van der Waals surface area (Å²) in [6, 6.07) is 0.997. The Morgan fingerprint density at radius 3 is 2.80 bits per heavy atom. The molecule has 2 aliphatic rings. The molecule has 5 rings (SSSR count). The average Bonchev–Trinajstić information content (AvgIpc) is 3.51. The molecular weight excluding hydrogens is 472 g/mol. The summed E-state index contributed by atoms with van der Waals surface area (Å²) < 4.78 is 63.0. The normalized spacial score (nSPS) is 22.0. The van der Waals surface area contributed by atoms with E-state index in [4.69, 9.17) is 4.74 Å². The van der Waals surface area contributed by atoms with Crippen molar-refractivity contribution >= 4 is 29.0 Å². The highest BCUT2D eigenvalue weighted by Crippen LogP contribution is 2.40. The van der Waals surface area contributed by atoms with Gasteiger partial charge in [-0.2, -0.15) is 4.98 Å². The third-order valence-electron chi connectivity index (χ3n) is 6.15. The molecule has 0 spiro atoms. The van der Waals surface area contributed by atoms with Gasteiger partial charge in [-0.3, -0.25) is 4.79 Å². The molecule has 0 radical (unpaired) electrons. The standard InChI is InChI=1S/C21H22F4N8O2/c1-10(34)31-7-14(23)15(8-31)26-21-27-20(35-2)19-12(3-4-32(19)29-21)11-5-13(22)18-16(6-11)33(30-28-18)9-17(24)25/h3-4,6,13-15,17H,5,7-9H2,1-2H3,(H,26,29)/t13?,14-,15+/m0/s1. The number of anilines is 1. The summed E-state index contributed by atoms with van der Waals surface area (Å²) in [4.78, 5) is 17.3. The minimum absolute atomic E-state index is 0.0163. The van der Waals surface area contributed by atoms with E-state index in [-0.39, 0.29) is 48.6 Å². The number of halogens is 4. The van der Waals surface area contributed by atoms with E-state index in [9.17, 15) is 22.4 Å². The van der Waals surface area contributed by atoms with E-state index in [1.807, 2.05) is 0 Å². The fourth-order valence-electron chi connectivity index (χ4n) is 4.45. The number of nitrogens with zero attached hydrogens (tertiary/aromatic N) is 7. The lowest BCUT2D eigenvalue weighted by molar-refractivity contribution is -0.128. The van der Waals surface area contributed by atoms with Crippen LogP contribution in [0.15, 0.2) is 12.3 Å². The van der Waals surface area contributed by atoms with Crippen LogP contribution in [0.4, 0.5) is 23.5 Å². The number of alkyl halides is 4. The maximum atomic E-state index is 14.9. The van der Waals surface area contributed by atoms with Crippen molar-refractivity contribution in [2.45, 2.75) is 44.7 Å². The van der Waals surface area contributed by atoms with Crippen LogP contribution in [0.1, 0.15) is 36.5 Å². The summed E-state index contributed by atoms with van der Waals surface area (Å²) in [7, 11) is 1.40. The number of likely N-dealkylation sites (tertiary alicyclic amines) is 1. The largest absolute Gasteiger partial charge is 0.479 e. The van der Waals surface area contributed by atoms with Crippen LogP contribution in [0.3, 0.4) is 0 Å². The molecule has 35 heavy (non-hydrogen) atoms. The van der Waals surface area contributed by atoms with Crippen molar-refractivity contribution in [1.82, 2.24) is 34.5 Å². The maximum absolute atomic E-state index is 14.9. The van der Waals surface area contributed by atoms with Crippen LogP contribution in [-0.2, 0) is 11.3 Å². The summed E-state index contributed by atoms with van der Waals surface area (Å²) in [6.45, 7) is 0.834. The first-order valence-corrected chi connectivity index (χ1v) is 10.9. The lowest BCUT2D eigenvalue weighted by atomic mass is 9.93. The number of allylic oxidation sites excluding steroid dienone is 1. The lowest BCUT2D eigenvalue weighted by Crippen LogP contribution is -2.32. The Hall–Kier alpha value is -3.71. The minimum atomic E-state index is -2.67. The summed E-state index contributed by atoms with van der Waals surface area (Å²) in [5.41, 5.74) is 1.70. The topological polar surface area (TPSA) is 102 Å². The van der Waals surface area contributed by atoms with Crippen molar-refractivity contribution in [2.24, 2.45) is 0 Å². The van der Waals surface area contributed by atoms with Gasteiger partial charge in [-0.25, -0.2) is 26.8 Å². The number of hydrogen-bond acceptors (Lipinski definition) is 7. The molecule has 0 bridgehead atoms. The van der Waals surface area contributed by atoms with Crippen LogP contribution in [0, 0.1) is 0 Å². The quantitative estimate of drug-likeness (QED) is 0.526. The van der Waals surface area contributed by atoms with Gasteiger partial charge in [0.1, 0.15) is 23.9 Å². The van der Waals surface area contributed by atoms with Gasteiger partial charge >= 0.3 is 0 Å². The number of fused-ring (bicyclic) bond motifs is 2. The van der Waals surface area contributed by atoms with Gasteiger partial charge in [-0.05, 0) is 17.7 Å². The second-order valence-corrected chi connectivity index (χ2v) is 8.43. The highest BCUT2D eigenvalue weighted by atomic mass is 19.3. The van der Waals surface area contributed by atoms with Crippen molar-refractivity contribution in [1.29, 1.82) is 0 Å². The van der Waals surface area contributed by atoms with E-state index in [2.05, 4.69) is 25.7 Å². The number of amides is 1. The lowest BCUT2D eigenvalue weighted by Gasteiger charge is -2.18. The van der Waals surface area contributed by atoms with E-state index in [0.29, 0.717) is 16.7 Å². The molecule has 3 atom stereocenters. The van der Waals surface area contributed by atoms with Gasteiger partial charge in [0.05, 0.1) is 25.4 Å². The number of hydrogen-bond donors (Lipinski definition) is 1. The Kier molecular flexibility index (Phi) is 5.81. The number of aromatic nitrogens is 6. The molecule has 1 N–H and O–H groups in total. The van der Waals surface area contributed by atoms with Gasteiger partial charge in [0.25, 0.3) is 6.43 Å². The average molecular weight is 494 g/mol. The number of nitrogens with one attached hydrogen (secondary N) is 1. The first-order chi connectivity index (χ1) is 16.7. The van der Waals surface area contributed by atoms with Gasteiger partial charge < -0.3 is 15.0 Å². The molecule has 1 aliphatic heterocycles. The van der Waals surface area contributed by atoms with Crippen molar-refractivity contribution in [3.63, 3.8) is 0 Å². The SMILES string of the molecule is COc1nc(N[C@@H]2CN(C(C)=O)C[C@@H]2F)nn2ccc(C3=Cc4c(nnn4CC(F)F)C(F)C3)c12. The molecule has 1 saturated heterocycles. The van der Waals surface area contributed by atoms with Crippen molar-refractivity contribution in [2.75, 3.05) is 25.5 Å². The van der Waals surface area contributed by atoms with Crippen molar-refractivity contribution < 1.29 is 27.1 Å². The fraction of sp³-hybridized carbons (Fsp3) is 0.476. The minimum Gasteiger partial charge on any atom is -0.479 e. The third kappa shape index (κ3) is 4.17. The molecule has 186 valence electrons. The molecule has 1 aliphatic carbocycles. The predicted octanol–water partition coefficient (Wildman–Crippen LogP) is 2.53. The van der Waals surface area contributed by atoms with Gasteiger partial charge in [-0.1, -0.05) is 5.21 Å². The smallest absolute Gasteiger partial charge is 0.258 e. The first-order valence-electron chi connectivity index (χ1n) is 10.9. The molecule has 4 heterocycles. The Bertz CT molecular complexity index is 1310. The first kappa shape index (κ1) is 23.1. The highest BCUT2D eigenvalue weighted by molar-refractivity contribution is 5.91. The molecule has 3 aromatic heterocycles. The zero-order valence-electron chi connectivity index (χ0n) is 18.8. The monoisotopic (exact) mass is 494 g/mol. The second kappa shape index (κ2) is 8.82. The second-order valence-electron chi connectivity index (χ2n) is 8.43. The molecule has 1 amide bonds. The van der Waals surface area contributed by atoms with Gasteiger partial charge in [0, 0.05) is 31.6 Å². The summed E-state index contributed by atoms with van der Waals surface area (Å²) in [5, 5.41) is 14.7. The number of rotatable bonds is 6. The third-order valence-corrected chi connectivity index (χ3v) is 6.15. The number of carbonyl (C=O) groups excluding carboxylic acids is 1. The summed E-state index contributed by atoms with van der Waals surface area (Å²) in [6.07, 6.45) is -2.33. The molecule has 10 nitrogen and oxygen atoms in total. The van der Waals surface area contributed by atoms with Crippen LogP contribution >= 0.6 is 0 Å². The van der Waals surface area contributed by atoms with Crippen LogP contribution in [0.25, 0.3) is 17.2 Å². The Morgan fingerprint density at radius 1 is 1.31 bits per heavy atom. The molecule has 1 fully saturated rings. The fourth-order valence-corrected chi connectivity index (χ4v) is 4.45. The molecule has 3 aromatic rings. The Balaban J connectivity index is 1.49. The van der Waals surface area contributed by atoms with Gasteiger partial charge in [-0.15, -0.1) is 10.2 Å². The highest BCUT2D eigenvalue weighted by Gasteiger charge is 2.35. The van der Waals surface area contributed by atoms with E-state index < -0.39 is 31.4 Å². The van der Waals surface area contributed by atoms with Crippen molar-refractivity contribution in [3.8, 4) is 5.88 Å². The van der Waals surface area contributed by atoms with E-state index in [1.54, 1.807) is 18.3 Å². The Morgan fingerprint density at radius 2 is 2.11 bits per heavy atom. The van der Waals surface area contributed by atoms with Crippen LogP contribution in [0.2, 0.25) is 0 Å². The summed E-state index contributed by atoms with van der Waals surface area (Å²) in [5.74, 6) is 0.0267.